The molecular formula is C18H27N3O4. The van der Waals surface area contributed by atoms with Gasteiger partial charge in [0, 0.05) is 65.1 Å². The van der Waals surface area contributed by atoms with Gasteiger partial charge in [-0.3, -0.25) is 14.5 Å². The Morgan fingerprint density at radius 1 is 0.920 bits per heavy atom. The summed E-state index contributed by atoms with van der Waals surface area (Å²) in [7, 11) is 0. The smallest absolute Gasteiger partial charge is 0.223 e. The summed E-state index contributed by atoms with van der Waals surface area (Å²) in [6.07, 6.45) is 3.26. The number of piperazine rings is 1. The van der Waals surface area contributed by atoms with Gasteiger partial charge in [0.15, 0.2) is 0 Å². The van der Waals surface area contributed by atoms with Crippen molar-refractivity contribution in [3.63, 3.8) is 0 Å². The Morgan fingerprint density at radius 2 is 1.56 bits per heavy atom. The number of carbonyl (C=O) groups is 2. The van der Waals surface area contributed by atoms with Crippen LogP contribution in [0.5, 0.6) is 0 Å². The molecule has 25 heavy (non-hydrogen) atoms. The molecule has 2 aliphatic rings. The monoisotopic (exact) mass is 349 g/mol. The zero-order valence-electron chi connectivity index (χ0n) is 14.7. The first kappa shape index (κ1) is 17.9. The van der Waals surface area contributed by atoms with Gasteiger partial charge in [0.1, 0.15) is 5.76 Å². The van der Waals surface area contributed by atoms with Crippen molar-refractivity contribution in [2.24, 2.45) is 0 Å². The maximum atomic E-state index is 12.4. The molecule has 3 rings (SSSR count). The molecule has 1 aromatic rings. The summed E-state index contributed by atoms with van der Waals surface area (Å²) >= 11 is 0. The van der Waals surface area contributed by atoms with Gasteiger partial charge < -0.3 is 19.0 Å². The van der Waals surface area contributed by atoms with Crippen molar-refractivity contribution >= 4 is 11.8 Å². The summed E-state index contributed by atoms with van der Waals surface area (Å²) in [6, 6.07) is 3.72. The highest BCUT2D eigenvalue weighted by atomic mass is 16.5. The lowest BCUT2D eigenvalue weighted by Crippen LogP contribution is -2.51. The number of morpholine rings is 1. The summed E-state index contributed by atoms with van der Waals surface area (Å²) in [5, 5.41) is 0. The first-order valence-electron chi connectivity index (χ1n) is 9.10. The van der Waals surface area contributed by atoms with E-state index >= 15 is 0 Å². The number of nitrogens with zero attached hydrogens (tertiary/aromatic N) is 3. The number of amides is 2. The van der Waals surface area contributed by atoms with E-state index in [0.717, 1.165) is 38.6 Å². The SMILES string of the molecule is O=C(CCc1ccco1)N1CCN(C(=O)CCN2CCOCC2)CC1. The van der Waals surface area contributed by atoms with E-state index in [9.17, 15) is 9.59 Å². The van der Waals surface area contributed by atoms with Crippen LogP contribution in [0, 0.1) is 0 Å². The van der Waals surface area contributed by atoms with E-state index in [2.05, 4.69) is 4.90 Å². The normalized spacial score (nSPS) is 19.2. The standard InChI is InChI=1S/C18H27N3O4/c22-17(4-3-16-2-1-13-25-16)20-7-9-21(10-8-20)18(23)5-6-19-11-14-24-15-12-19/h1-2,13H,3-12,14-15H2. The number of hydrogen-bond donors (Lipinski definition) is 0. The lowest BCUT2D eigenvalue weighted by molar-refractivity contribution is -0.139. The summed E-state index contributed by atoms with van der Waals surface area (Å²) < 4.78 is 10.6. The fourth-order valence-electron chi connectivity index (χ4n) is 3.28. The van der Waals surface area contributed by atoms with Crippen molar-refractivity contribution in [3.05, 3.63) is 24.2 Å². The van der Waals surface area contributed by atoms with Gasteiger partial charge in [-0.15, -0.1) is 0 Å². The molecule has 2 fully saturated rings. The molecule has 0 saturated carbocycles. The molecule has 2 amide bonds. The van der Waals surface area contributed by atoms with E-state index in [-0.39, 0.29) is 11.8 Å². The predicted octanol–water partition coefficient (Wildman–Crippen LogP) is 0.605. The number of furan rings is 1. The van der Waals surface area contributed by atoms with Crippen LogP contribution in [0.25, 0.3) is 0 Å². The molecular weight excluding hydrogens is 322 g/mol. The number of ether oxygens (including phenoxy) is 1. The van der Waals surface area contributed by atoms with Crippen LogP contribution < -0.4 is 0 Å². The lowest BCUT2D eigenvalue weighted by Gasteiger charge is -2.35. The quantitative estimate of drug-likeness (QED) is 0.753. The van der Waals surface area contributed by atoms with E-state index in [1.807, 2.05) is 21.9 Å². The van der Waals surface area contributed by atoms with Crippen molar-refractivity contribution in [1.82, 2.24) is 14.7 Å². The third-order valence-corrected chi connectivity index (χ3v) is 4.90. The largest absolute Gasteiger partial charge is 0.469 e. The van der Waals surface area contributed by atoms with E-state index < -0.39 is 0 Å². The second kappa shape index (κ2) is 9.01. The maximum absolute atomic E-state index is 12.4. The third kappa shape index (κ3) is 5.31. The lowest BCUT2D eigenvalue weighted by atomic mass is 10.2. The molecule has 0 atom stereocenters. The van der Waals surface area contributed by atoms with Crippen molar-refractivity contribution in [3.8, 4) is 0 Å². The van der Waals surface area contributed by atoms with Crippen LogP contribution in [0.1, 0.15) is 18.6 Å². The Labute approximate surface area is 148 Å². The fourth-order valence-corrected chi connectivity index (χ4v) is 3.28. The van der Waals surface area contributed by atoms with E-state index in [1.54, 1.807) is 6.26 Å². The van der Waals surface area contributed by atoms with Gasteiger partial charge in [0.2, 0.25) is 11.8 Å². The average Bonchev–Trinajstić information content (AvgIpc) is 3.19. The molecule has 0 N–H and O–H groups in total. The van der Waals surface area contributed by atoms with Crippen LogP contribution in [0.2, 0.25) is 0 Å². The maximum Gasteiger partial charge on any atom is 0.223 e. The predicted molar refractivity (Wildman–Crippen MR) is 92.1 cm³/mol. The highest BCUT2D eigenvalue weighted by molar-refractivity contribution is 5.78. The first-order valence-corrected chi connectivity index (χ1v) is 9.10. The van der Waals surface area contributed by atoms with Crippen molar-refractivity contribution in [2.75, 3.05) is 59.0 Å². The molecule has 0 bridgehead atoms. The Balaban J connectivity index is 1.34. The molecule has 0 spiro atoms. The molecule has 0 aliphatic carbocycles. The minimum atomic E-state index is 0.136. The third-order valence-electron chi connectivity index (χ3n) is 4.90. The fraction of sp³-hybridized carbons (Fsp3) is 0.667. The number of rotatable bonds is 6. The van der Waals surface area contributed by atoms with Crippen molar-refractivity contribution in [1.29, 1.82) is 0 Å². The van der Waals surface area contributed by atoms with E-state index in [0.29, 0.717) is 45.4 Å². The average molecular weight is 349 g/mol. The second-order valence-electron chi connectivity index (χ2n) is 6.54. The van der Waals surface area contributed by atoms with Crippen molar-refractivity contribution in [2.45, 2.75) is 19.3 Å². The van der Waals surface area contributed by atoms with Gasteiger partial charge in [-0.25, -0.2) is 0 Å². The Hall–Kier alpha value is -1.86. The minimum absolute atomic E-state index is 0.136. The van der Waals surface area contributed by atoms with Gasteiger partial charge in [0.25, 0.3) is 0 Å². The summed E-state index contributed by atoms with van der Waals surface area (Å²) in [4.78, 5) is 30.6. The molecule has 1 aromatic heterocycles. The molecule has 138 valence electrons. The van der Waals surface area contributed by atoms with Crippen LogP contribution in [-0.2, 0) is 20.7 Å². The number of hydrogen-bond acceptors (Lipinski definition) is 5. The summed E-state index contributed by atoms with van der Waals surface area (Å²) in [5.41, 5.74) is 0. The van der Waals surface area contributed by atoms with Crippen LogP contribution >= 0.6 is 0 Å². The summed E-state index contributed by atoms with van der Waals surface area (Å²) in [5.74, 6) is 1.16. The minimum Gasteiger partial charge on any atom is -0.469 e. The van der Waals surface area contributed by atoms with E-state index in [1.165, 1.54) is 0 Å². The van der Waals surface area contributed by atoms with Crippen LogP contribution in [-0.4, -0.2) is 85.5 Å². The summed E-state index contributed by atoms with van der Waals surface area (Å²) in [6.45, 7) is 6.64. The molecule has 0 radical (unpaired) electrons. The molecule has 0 aromatic carbocycles. The first-order chi connectivity index (χ1) is 12.2. The van der Waals surface area contributed by atoms with Gasteiger partial charge in [-0.1, -0.05) is 0 Å². The Morgan fingerprint density at radius 3 is 2.16 bits per heavy atom. The number of carbonyl (C=O) groups excluding carboxylic acids is 2. The molecule has 0 unspecified atom stereocenters. The van der Waals surface area contributed by atoms with Crippen LogP contribution in [0.15, 0.2) is 22.8 Å². The van der Waals surface area contributed by atoms with Gasteiger partial charge in [0.05, 0.1) is 19.5 Å². The Bertz CT molecular complexity index is 547. The van der Waals surface area contributed by atoms with E-state index in [4.69, 9.17) is 9.15 Å². The van der Waals surface area contributed by atoms with Crippen molar-refractivity contribution < 1.29 is 18.7 Å². The molecule has 2 saturated heterocycles. The van der Waals surface area contributed by atoms with Crippen LogP contribution in [0.3, 0.4) is 0 Å². The molecule has 7 heteroatoms. The van der Waals surface area contributed by atoms with Gasteiger partial charge in [-0.2, -0.15) is 0 Å². The highest BCUT2D eigenvalue weighted by Gasteiger charge is 2.24. The van der Waals surface area contributed by atoms with Crippen LogP contribution in [0.4, 0.5) is 0 Å². The second-order valence-corrected chi connectivity index (χ2v) is 6.54. The zero-order chi connectivity index (χ0) is 17.5. The molecule has 3 heterocycles. The zero-order valence-corrected chi connectivity index (χ0v) is 14.7. The Kier molecular flexibility index (Phi) is 6.47. The topological polar surface area (TPSA) is 66.2 Å². The molecule has 7 nitrogen and oxygen atoms in total. The van der Waals surface area contributed by atoms with Gasteiger partial charge >= 0.3 is 0 Å². The highest BCUT2D eigenvalue weighted by Crippen LogP contribution is 2.10. The molecule has 2 aliphatic heterocycles. The number of aryl methyl sites for hydroxylation is 1. The van der Waals surface area contributed by atoms with Gasteiger partial charge in [-0.05, 0) is 12.1 Å².